The number of nitrogens with zero attached hydrogens (tertiary/aromatic N) is 2. The molecule has 1 N–H and O–H groups in total. The van der Waals surface area contributed by atoms with Gasteiger partial charge in [0.15, 0.2) is 5.75 Å². The van der Waals surface area contributed by atoms with E-state index in [0.717, 1.165) is 44.8 Å². The van der Waals surface area contributed by atoms with E-state index < -0.39 is 0 Å². The number of ether oxygens (including phenoxy) is 1. The number of hydrogen-bond donors (Lipinski definition) is 1. The first-order valence-electron chi connectivity index (χ1n) is 5.72. The number of nitrogens with one attached hydrogen (secondary N) is 1. The van der Waals surface area contributed by atoms with Crippen molar-refractivity contribution in [3.8, 4) is 5.75 Å². The molecular weight excluding hydrogens is 190 g/mol. The highest BCUT2D eigenvalue weighted by atomic mass is 16.5. The van der Waals surface area contributed by atoms with Crippen LogP contribution in [-0.2, 0) is 6.54 Å². The van der Waals surface area contributed by atoms with Gasteiger partial charge in [-0.25, -0.2) is 0 Å². The lowest BCUT2D eigenvalue weighted by atomic mass is 10.3. The van der Waals surface area contributed by atoms with Crippen molar-refractivity contribution in [2.24, 2.45) is 0 Å². The summed E-state index contributed by atoms with van der Waals surface area (Å²) in [6.45, 7) is 7.98. The van der Waals surface area contributed by atoms with Gasteiger partial charge < -0.3 is 10.1 Å². The van der Waals surface area contributed by atoms with Crippen LogP contribution in [0.1, 0.15) is 26.7 Å². The van der Waals surface area contributed by atoms with E-state index in [4.69, 9.17) is 4.74 Å². The van der Waals surface area contributed by atoms with Crippen LogP contribution in [0.25, 0.3) is 0 Å². The van der Waals surface area contributed by atoms with Gasteiger partial charge in [0.1, 0.15) is 0 Å². The molecule has 0 saturated carbocycles. The van der Waals surface area contributed by atoms with Gasteiger partial charge in [0.05, 0.1) is 19.0 Å². The zero-order valence-corrected chi connectivity index (χ0v) is 9.70. The lowest BCUT2D eigenvalue weighted by Gasteiger charge is -2.03. The maximum absolute atomic E-state index is 5.56. The molecule has 0 amide bonds. The summed E-state index contributed by atoms with van der Waals surface area (Å²) < 4.78 is 7.43. The first-order chi connectivity index (χ1) is 7.36. The standard InChI is InChI=1S/C11H21N3O/c1-3-12-7-5-6-8-15-11-9-13-14(4-2)10-11/h9-10,12H,3-8H2,1-2H3. The fraction of sp³-hybridized carbons (Fsp3) is 0.727. The summed E-state index contributed by atoms with van der Waals surface area (Å²) in [5, 5.41) is 7.43. The van der Waals surface area contributed by atoms with Crippen LogP contribution in [0.3, 0.4) is 0 Å². The van der Waals surface area contributed by atoms with E-state index in [0.29, 0.717) is 0 Å². The molecule has 0 spiro atoms. The molecule has 1 heterocycles. The number of aryl methyl sites for hydroxylation is 1. The van der Waals surface area contributed by atoms with Crippen molar-refractivity contribution in [3.63, 3.8) is 0 Å². The van der Waals surface area contributed by atoms with E-state index >= 15 is 0 Å². The van der Waals surface area contributed by atoms with Crippen molar-refractivity contribution >= 4 is 0 Å². The highest BCUT2D eigenvalue weighted by Crippen LogP contribution is 2.08. The molecule has 0 unspecified atom stereocenters. The number of rotatable bonds is 8. The van der Waals surface area contributed by atoms with Gasteiger partial charge in [-0.15, -0.1) is 0 Å². The Morgan fingerprint density at radius 1 is 1.40 bits per heavy atom. The Kier molecular flexibility index (Phi) is 5.85. The molecule has 0 radical (unpaired) electrons. The SMILES string of the molecule is CCNCCCCOc1cnn(CC)c1. The van der Waals surface area contributed by atoms with Gasteiger partial charge in [-0.3, -0.25) is 4.68 Å². The van der Waals surface area contributed by atoms with Crippen molar-refractivity contribution in [3.05, 3.63) is 12.4 Å². The summed E-state index contributed by atoms with van der Waals surface area (Å²) in [6.07, 6.45) is 5.96. The minimum atomic E-state index is 0.779. The Hall–Kier alpha value is -1.03. The van der Waals surface area contributed by atoms with E-state index in [9.17, 15) is 0 Å². The van der Waals surface area contributed by atoms with E-state index in [1.807, 2.05) is 10.9 Å². The number of aromatic nitrogens is 2. The fourth-order valence-electron chi connectivity index (χ4n) is 1.31. The first kappa shape index (κ1) is 12.0. The molecule has 1 rings (SSSR count). The topological polar surface area (TPSA) is 39.1 Å². The summed E-state index contributed by atoms with van der Waals surface area (Å²) in [6, 6.07) is 0. The van der Waals surface area contributed by atoms with Gasteiger partial charge >= 0.3 is 0 Å². The number of hydrogen-bond acceptors (Lipinski definition) is 3. The molecular formula is C11H21N3O. The molecule has 0 bridgehead atoms. The van der Waals surface area contributed by atoms with Crippen LogP contribution in [-0.4, -0.2) is 29.5 Å². The highest BCUT2D eigenvalue weighted by molar-refractivity contribution is 5.11. The van der Waals surface area contributed by atoms with Crippen LogP contribution >= 0.6 is 0 Å². The van der Waals surface area contributed by atoms with Crippen LogP contribution in [0.15, 0.2) is 12.4 Å². The largest absolute Gasteiger partial charge is 0.490 e. The first-order valence-corrected chi connectivity index (χ1v) is 5.72. The Morgan fingerprint density at radius 3 is 2.93 bits per heavy atom. The average molecular weight is 211 g/mol. The second-order valence-electron chi connectivity index (χ2n) is 3.44. The van der Waals surface area contributed by atoms with E-state index in [-0.39, 0.29) is 0 Å². The molecule has 0 saturated heterocycles. The minimum absolute atomic E-state index is 0.779. The zero-order valence-electron chi connectivity index (χ0n) is 9.70. The van der Waals surface area contributed by atoms with Crippen molar-refractivity contribution in [1.82, 2.24) is 15.1 Å². The summed E-state index contributed by atoms with van der Waals surface area (Å²) in [7, 11) is 0. The zero-order chi connectivity index (χ0) is 10.9. The normalized spacial score (nSPS) is 10.5. The predicted molar refractivity (Wildman–Crippen MR) is 61.2 cm³/mol. The van der Waals surface area contributed by atoms with E-state index in [1.165, 1.54) is 0 Å². The second kappa shape index (κ2) is 7.29. The van der Waals surface area contributed by atoms with E-state index in [2.05, 4.69) is 24.3 Å². The molecule has 86 valence electrons. The molecule has 4 heteroatoms. The average Bonchev–Trinajstić information content (AvgIpc) is 2.71. The van der Waals surface area contributed by atoms with Crippen LogP contribution in [0.4, 0.5) is 0 Å². The van der Waals surface area contributed by atoms with Gasteiger partial charge in [-0.1, -0.05) is 6.92 Å². The summed E-state index contributed by atoms with van der Waals surface area (Å²) in [4.78, 5) is 0. The van der Waals surface area contributed by atoms with Crippen molar-refractivity contribution in [1.29, 1.82) is 0 Å². The third-order valence-electron chi connectivity index (χ3n) is 2.20. The summed E-state index contributed by atoms with van der Waals surface area (Å²) in [5.41, 5.74) is 0. The van der Waals surface area contributed by atoms with Gasteiger partial charge in [-0.2, -0.15) is 5.10 Å². The molecule has 1 aromatic heterocycles. The lowest BCUT2D eigenvalue weighted by Crippen LogP contribution is -2.14. The van der Waals surface area contributed by atoms with Gasteiger partial charge in [-0.05, 0) is 32.9 Å². The van der Waals surface area contributed by atoms with Gasteiger partial charge in [0.25, 0.3) is 0 Å². The Morgan fingerprint density at radius 2 is 2.27 bits per heavy atom. The predicted octanol–water partition coefficient (Wildman–Crippen LogP) is 1.67. The molecule has 0 aliphatic carbocycles. The molecule has 0 aromatic carbocycles. The highest BCUT2D eigenvalue weighted by Gasteiger charge is 1.97. The Labute approximate surface area is 91.6 Å². The monoisotopic (exact) mass is 211 g/mol. The fourth-order valence-corrected chi connectivity index (χ4v) is 1.31. The van der Waals surface area contributed by atoms with Crippen molar-refractivity contribution < 1.29 is 4.74 Å². The third kappa shape index (κ3) is 4.83. The summed E-state index contributed by atoms with van der Waals surface area (Å²) >= 11 is 0. The molecule has 4 nitrogen and oxygen atoms in total. The Balaban J connectivity index is 2.04. The van der Waals surface area contributed by atoms with Crippen LogP contribution in [0.2, 0.25) is 0 Å². The Bertz CT molecular complexity index is 260. The van der Waals surface area contributed by atoms with Crippen molar-refractivity contribution in [2.75, 3.05) is 19.7 Å². The molecule has 0 atom stereocenters. The van der Waals surface area contributed by atoms with Gasteiger partial charge in [0.2, 0.25) is 0 Å². The van der Waals surface area contributed by atoms with Gasteiger partial charge in [0, 0.05) is 6.54 Å². The molecule has 0 aliphatic heterocycles. The number of unbranched alkanes of at least 4 members (excludes halogenated alkanes) is 1. The van der Waals surface area contributed by atoms with Crippen molar-refractivity contribution in [2.45, 2.75) is 33.2 Å². The molecule has 0 fully saturated rings. The minimum Gasteiger partial charge on any atom is -0.490 e. The maximum atomic E-state index is 5.56. The summed E-state index contributed by atoms with van der Waals surface area (Å²) in [5.74, 6) is 0.875. The van der Waals surface area contributed by atoms with Crippen LogP contribution in [0.5, 0.6) is 5.75 Å². The molecule has 15 heavy (non-hydrogen) atoms. The van der Waals surface area contributed by atoms with Crippen LogP contribution in [0, 0.1) is 0 Å². The second-order valence-corrected chi connectivity index (χ2v) is 3.44. The molecule has 1 aromatic rings. The van der Waals surface area contributed by atoms with E-state index in [1.54, 1.807) is 6.20 Å². The maximum Gasteiger partial charge on any atom is 0.157 e. The molecule has 0 aliphatic rings. The smallest absolute Gasteiger partial charge is 0.157 e. The van der Waals surface area contributed by atoms with Crippen LogP contribution < -0.4 is 10.1 Å². The quantitative estimate of drug-likeness (QED) is 0.665. The lowest BCUT2D eigenvalue weighted by molar-refractivity contribution is 0.305. The third-order valence-corrected chi connectivity index (χ3v) is 2.20.